The molecule has 12 nitrogen and oxygen atoms in total. The third-order valence-electron chi connectivity index (χ3n) is 17.2. The van der Waals surface area contributed by atoms with Gasteiger partial charge in [-0.05, 0) is 112 Å². The van der Waals surface area contributed by atoms with Gasteiger partial charge in [0.25, 0.3) is 0 Å². The first kappa shape index (κ1) is 40.2. The van der Waals surface area contributed by atoms with Crippen molar-refractivity contribution in [2.75, 3.05) is 13.2 Å². The first-order valence-electron chi connectivity index (χ1n) is 20.8. The van der Waals surface area contributed by atoms with Gasteiger partial charge in [-0.25, -0.2) is 0 Å². The van der Waals surface area contributed by atoms with Crippen LogP contribution in [0, 0.1) is 57.2 Å². The zero-order chi connectivity index (χ0) is 41.1. The Morgan fingerprint density at radius 3 is 1.42 bits per heavy atom. The van der Waals surface area contributed by atoms with Crippen LogP contribution in [0.15, 0.2) is 47.6 Å². The van der Waals surface area contributed by atoms with E-state index in [2.05, 4.69) is 0 Å². The van der Waals surface area contributed by atoms with Gasteiger partial charge in [0, 0.05) is 33.5 Å². The van der Waals surface area contributed by atoms with Crippen LogP contribution in [0.2, 0.25) is 0 Å². The molecule has 0 radical (unpaired) electrons. The second-order valence-electron chi connectivity index (χ2n) is 19.6. The number of esters is 2. The van der Waals surface area contributed by atoms with Crippen LogP contribution in [0.3, 0.4) is 0 Å². The Hall–Kier alpha value is -3.58. The maximum atomic E-state index is 13.7. The summed E-state index contributed by atoms with van der Waals surface area (Å²) in [5, 5.41) is 47.2. The van der Waals surface area contributed by atoms with E-state index in [1.165, 1.54) is 0 Å². The van der Waals surface area contributed by atoms with Gasteiger partial charge in [-0.2, -0.15) is 0 Å². The molecule has 0 bridgehead atoms. The highest BCUT2D eigenvalue weighted by Gasteiger charge is 2.70. The number of ketones is 4. The van der Waals surface area contributed by atoms with E-state index in [4.69, 9.17) is 9.47 Å². The van der Waals surface area contributed by atoms with Crippen molar-refractivity contribution in [3.8, 4) is 0 Å². The number of hydrogen-bond acceptors (Lipinski definition) is 12. The molecule has 57 heavy (non-hydrogen) atoms. The van der Waals surface area contributed by atoms with Crippen molar-refractivity contribution in [1.82, 2.24) is 0 Å². The van der Waals surface area contributed by atoms with Gasteiger partial charge in [-0.15, -0.1) is 0 Å². The molecular formula is C45H56O12. The second kappa shape index (κ2) is 13.5. The third-order valence-corrected chi connectivity index (χ3v) is 17.2. The van der Waals surface area contributed by atoms with E-state index in [1.54, 1.807) is 24.3 Å². The summed E-state index contributed by atoms with van der Waals surface area (Å²) in [6, 6.07) is 0. The monoisotopic (exact) mass is 788 g/mol. The number of aliphatic hydroxyl groups is 4. The maximum absolute atomic E-state index is 13.7. The van der Waals surface area contributed by atoms with Crippen LogP contribution in [0.25, 0.3) is 0 Å². The van der Waals surface area contributed by atoms with Crippen LogP contribution < -0.4 is 0 Å². The molecule has 0 aromatic heterocycles. The molecule has 14 atom stereocenters. The zero-order valence-corrected chi connectivity index (χ0v) is 33.3. The van der Waals surface area contributed by atoms with Gasteiger partial charge in [0.15, 0.2) is 24.8 Å². The summed E-state index contributed by atoms with van der Waals surface area (Å²) in [4.78, 5) is 77.1. The lowest BCUT2D eigenvalue weighted by Crippen LogP contribution is -2.61. The summed E-state index contributed by atoms with van der Waals surface area (Å²) in [6.07, 6.45) is 12.1. The minimum atomic E-state index is -1.87. The predicted octanol–water partition coefficient (Wildman–Crippen LogP) is 3.62. The SMILES string of the molecule is C[C@]12C=CC(=O)C=C1CC[C@@H]1[C@@H]2[C@@H](O)C[C@@]2(C)[C@H]1CC[C@]2(O)C(=O)COC(=O)CC(=O)OCC(=O)[C@]1(O)CC[C@@H]2[C@H]3CCC4=CC(=O)C=C[C@@]4(C)[C@@H]3[C@H](O)C[C@]21C. The van der Waals surface area contributed by atoms with Gasteiger partial charge >= 0.3 is 11.9 Å². The van der Waals surface area contributed by atoms with Gasteiger partial charge in [-0.3, -0.25) is 28.8 Å². The van der Waals surface area contributed by atoms with Crippen LogP contribution >= 0.6 is 0 Å². The number of hydrogen-bond donors (Lipinski definition) is 4. The molecule has 0 aromatic carbocycles. The fourth-order valence-electron chi connectivity index (χ4n) is 14.3. The van der Waals surface area contributed by atoms with Crippen molar-refractivity contribution in [2.45, 2.75) is 122 Å². The van der Waals surface area contributed by atoms with Gasteiger partial charge in [-0.1, -0.05) is 51.0 Å². The van der Waals surface area contributed by atoms with Crippen LogP contribution in [0.5, 0.6) is 0 Å². The molecule has 12 heteroatoms. The molecule has 6 saturated carbocycles. The first-order valence-corrected chi connectivity index (χ1v) is 20.8. The molecule has 0 aliphatic heterocycles. The summed E-state index contributed by atoms with van der Waals surface area (Å²) in [5.41, 5.74) is -4.72. The average molecular weight is 789 g/mol. The predicted molar refractivity (Wildman–Crippen MR) is 202 cm³/mol. The summed E-state index contributed by atoms with van der Waals surface area (Å²) in [6.45, 7) is 6.16. The number of ether oxygens (including phenoxy) is 2. The van der Waals surface area contributed by atoms with E-state index in [0.717, 1.165) is 11.1 Å². The molecule has 8 rings (SSSR count). The standard InChI is InChI=1S/C45H56O12/c1-40-13-9-26(46)17-24(40)5-7-28-30-11-15-44(54,42(30,3)20-32(48)38(28)40)34(50)22-56-36(52)19-37(53)57-23-35(51)45(55)16-12-31-29-8-6-25-18-27(47)10-14-41(25,2)39(29)33(49)21-43(31,45)4/h9-10,13-14,17-18,28-33,38-39,48-49,54-55H,5-8,11-12,15-16,19-23H2,1-4H3/t28-,29+,30-,31+,32-,33+,38+,39-,40-,41+,42-,43+,44-,45+. The molecule has 308 valence electrons. The molecule has 4 N–H and O–H groups in total. The highest BCUT2D eigenvalue weighted by Crippen LogP contribution is 2.68. The van der Waals surface area contributed by atoms with E-state index >= 15 is 0 Å². The van der Waals surface area contributed by atoms with Crippen molar-refractivity contribution in [2.24, 2.45) is 57.2 Å². The topological polar surface area (TPSA) is 202 Å². The second-order valence-corrected chi connectivity index (χ2v) is 19.6. The van der Waals surface area contributed by atoms with Crippen molar-refractivity contribution in [3.05, 3.63) is 47.6 Å². The third kappa shape index (κ3) is 5.74. The number of Topliss-reactive ketones (excluding diaryl/α,β-unsaturated/α-hetero) is 2. The molecule has 8 aliphatic carbocycles. The molecule has 0 aromatic rings. The molecule has 0 saturated heterocycles. The first-order chi connectivity index (χ1) is 26.7. The smallest absolute Gasteiger partial charge is 0.317 e. The summed E-state index contributed by atoms with van der Waals surface area (Å²) >= 11 is 0. The van der Waals surface area contributed by atoms with Crippen LogP contribution in [-0.2, 0) is 38.2 Å². The Morgan fingerprint density at radius 2 is 1.04 bits per heavy atom. The summed E-state index contributed by atoms with van der Waals surface area (Å²) < 4.78 is 10.4. The quantitative estimate of drug-likeness (QED) is 0.206. The van der Waals surface area contributed by atoms with E-state index in [9.17, 15) is 49.2 Å². The average Bonchev–Trinajstić information content (AvgIpc) is 3.58. The minimum Gasteiger partial charge on any atom is -0.457 e. The Bertz CT molecular complexity index is 1810. The number of rotatable bonds is 8. The van der Waals surface area contributed by atoms with E-state index in [0.29, 0.717) is 38.5 Å². The van der Waals surface area contributed by atoms with Gasteiger partial charge < -0.3 is 29.9 Å². The number of fused-ring (bicyclic) bond motifs is 10. The minimum absolute atomic E-state index is 0.000140. The molecule has 0 spiro atoms. The zero-order valence-electron chi connectivity index (χ0n) is 33.3. The normalized spacial score (nSPS) is 46.6. The molecule has 6 fully saturated rings. The number of carbonyl (C=O) groups is 6. The fraction of sp³-hybridized carbons (Fsp3) is 0.689. The lowest BCUT2D eigenvalue weighted by atomic mass is 9.46. The summed E-state index contributed by atoms with van der Waals surface area (Å²) in [7, 11) is 0. The van der Waals surface area contributed by atoms with E-state index in [-0.39, 0.29) is 72.8 Å². The van der Waals surface area contributed by atoms with Crippen LogP contribution in [-0.4, -0.2) is 92.1 Å². The van der Waals surface area contributed by atoms with Gasteiger partial charge in [0.05, 0.1) is 12.2 Å². The molecule has 0 amide bonds. The number of allylic oxidation sites excluding steroid dienone is 8. The van der Waals surface area contributed by atoms with E-state index < -0.39 is 88.2 Å². The van der Waals surface area contributed by atoms with Gasteiger partial charge in [0.1, 0.15) is 17.6 Å². The molecule has 0 heterocycles. The van der Waals surface area contributed by atoms with Crippen molar-refractivity contribution >= 4 is 35.1 Å². The van der Waals surface area contributed by atoms with Gasteiger partial charge in [0.2, 0.25) is 11.6 Å². The lowest BCUT2D eigenvalue weighted by molar-refractivity contribution is -0.183. The Morgan fingerprint density at radius 1 is 0.649 bits per heavy atom. The Kier molecular flexibility index (Phi) is 9.51. The largest absolute Gasteiger partial charge is 0.457 e. The van der Waals surface area contributed by atoms with Crippen molar-refractivity contribution in [1.29, 1.82) is 0 Å². The van der Waals surface area contributed by atoms with Crippen LogP contribution in [0.4, 0.5) is 0 Å². The Labute approximate surface area is 332 Å². The number of aliphatic hydroxyl groups excluding tert-OH is 2. The number of carbonyl (C=O) groups excluding carboxylic acids is 6. The van der Waals surface area contributed by atoms with Crippen molar-refractivity contribution in [3.63, 3.8) is 0 Å². The highest BCUT2D eigenvalue weighted by atomic mass is 16.6. The fourth-order valence-corrected chi connectivity index (χ4v) is 14.3. The summed E-state index contributed by atoms with van der Waals surface area (Å²) in [5.74, 6) is -4.23. The lowest BCUT2D eigenvalue weighted by Gasteiger charge is -2.59. The Balaban J connectivity index is 0.855. The highest BCUT2D eigenvalue weighted by molar-refractivity contribution is 6.02. The van der Waals surface area contributed by atoms with E-state index in [1.807, 2.05) is 39.8 Å². The molecular weight excluding hydrogens is 732 g/mol. The maximum Gasteiger partial charge on any atom is 0.317 e. The molecule has 8 aliphatic rings. The van der Waals surface area contributed by atoms with Crippen LogP contribution in [0.1, 0.15) is 98.3 Å². The molecule has 0 unspecified atom stereocenters. The van der Waals surface area contributed by atoms with Crippen molar-refractivity contribution < 1.29 is 58.7 Å².